The van der Waals surface area contributed by atoms with Crippen molar-refractivity contribution in [3.05, 3.63) is 0 Å². The lowest BCUT2D eigenvalue weighted by Gasteiger charge is -2.45. The number of hydrogen-bond acceptors (Lipinski definition) is 2. The molecule has 1 aliphatic carbocycles. The Morgan fingerprint density at radius 3 is 2.07 bits per heavy atom. The number of carbonyl (C=O) groups excluding carboxylic acids is 1. The maximum Gasteiger partial charge on any atom is 0.133 e. The highest BCUT2D eigenvalue weighted by molar-refractivity contribution is 5.79. The molecule has 0 aromatic rings. The van der Waals surface area contributed by atoms with Gasteiger partial charge in [0.1, 0.15) is 5.78 Å². The predicted octanol–water partition coefficient (Wildman–Crippen LogP) is 2.76. The van der Waals surface area contributed by atoms with Crippen molar-refractivity contribution in [2.75, 3.05) is 0 Å². The third kappa shape index (κ3) is 2.41. The molecule has 0 N–H and O–H groups in total. The molecule has 1 heterocycles. The minimum atomic E-state index is 0.476. The minimum Gasteiger partial charge on any atom is -0.300 e. The Morgan fingerprint density at radius 2 is 1.53 bits per heavy atom. The number of rotatable bonds is 1. The Kier molecular flexibility index (Phi) is 3.45. The molecule has 86 valence electrons. The lowest BCUT2D eigenvalue weighted by Crippen LogP contribution is -2.50. The second-order valence-electron chi connectivity index (χ2n) is 5.35. The molecule has 1 saturated heterocycles. The molecule has 0 radical (unpaired) electrons. The number of piperidine rings is 1. The van der Waals surface area contributed by atoms with Crippen molar-refractivity contribution in [1.29, 1.82) is 0 Å². The lowest BCUT2D eigenvalue weighted by atomic mass is 9.87. The molecular formula is C13H23NO. The van der Waals surface area contributed by atoms with Crippen LogP contribution in [0.3, 0.4) is 0 Å². The van der Waals surface area contributed by atoms with Crippen LogP contribution in [-0.2, 0) is 4.79 Å². The van der Waals surface area contributed by atoms with Gasteiger partial charge < -0.3 is 0 Å². The summed E-state index contributed by atoms with van der Waals surface area (Å²) in [5.74, 6) is 0.476. The van der Waals surface area contributed by atoms with Crippen molar-refractivity contribution in [2.45, 2.75) is 76.9 Å². The first kappa shape index (κ1) is 11.1. The number of ketones is 1. The Balaban J connectivity index is 1.98. The zero-order valence-corrected chi connectivity index (χ0v) is 10.0. The number of Topliss-reactive ketones (excluding diaryl/α,β-unsaturated/α-hetero) is 1. The highest BCUT2D eigenvalue weighted by Gasteiger charge is 2.32. The number of nitrogens with zero attached hydrogens (tertiary/aromatic N) is 1. The van der Waals surface area contributed by atoms with Crippen molar-refractivity contribution in [2.24, 2.45) is 0 Å². The number of carbonyl (C=O) groups is 1. The second-order valence-corrected chi connectivity index (χ2v) is 5.35. The monoisotopic (exact) mass is 209 g/mol. The van der Waals surface area contributed by atoms with Crippen LogP contribution in [0, 0.1) is 0 Å². The molecule has 2 atom stereocenters. The van der Waals surface area contributed by atoms with Gasteiger partial charge in [-0.05, 0) is 39.5 Å². The van der Waals surface area contributed by atoms with Gasteiger partial charge in [-0.15, -0.1) is 0 Å². The van der Waals surface area contributed by atoms with E-state index in [-0.39, 0.29) is 0 Å². The zero-order chi connectivity index (χ0) is 10.8. The summed E-state index contributed by atoms with van der Waals surface area (Å²) in [5, 5.41) is 0. The Hall–Kier alpha value is -0.370. The SMILES string of the molecule is CC1CCCC(C)N1C1CCC(=O)CC1. The van der Waals surface area contributed by atoms with Crippen molar-refractivity contribution < 1.29 is 4.79 Å². The number of hydrogen-bond donors (Lipinski definition) is 0. The number of likely N-dealkylation sites (tertiary alicyclic amines) is 1. The van der Waals surface area contributed by atoms with E-state index in [0.29, 0.717) is 11.8 Å². The van der Waals surface area contributed by atoms with Crippen LogP contribution in [0.2, 0.25) is 0 Å². The second kappa shape index (κ2) is 4.65. The Morgan fingerprint density at radius 1 is 1.00 bits per heavy atom. The van der Waals surface area contributed by atoms with Gasteiger partial charge in [0.2, 0.25) is 0 Å². The van der Waals surface area contributed by atoms with Crippen LogP contribution in [0.4, 0.5) is 0 Å². The summed E-state index contributed by atoms with van der Waals surface area (Å²) in [6, 6.07) is 2.15. The molecule has 2 unspecified atom stereocenters. The van der Waals surface area contributed by atoms with Crippen LogP contribution in [-0.4, -0.2) is 28.8 Å². The molecule has 15 heavy (non-hydrogen) atoms. The average molecular weight is 209 g/mol. The summed E-state index contributed by atoms with van der Waals surface area (Å²) in [6.45, 7) is 4.71. The van der Waals surface area contributed by atoms with Crippen LogP contribution in [0.15, 0.2) is 0 Å². The van der Waals surface area contributed by atoms with Crippen molar-refractivity contribution in [3.63, 3.8) is 0 Å². The predicted molar refractivity (Wildman–Crippen MR) is 61.9 cm³/mol. The van der Waals surface area contributed by atoms with Gasteiger partial charge in [0, 0.05) is 31.0 Å². The van der Waals surface area contributed by atoms with E-state index in [1.54, 1.807) is 0 Å². The zero-order valence-electron chi connectivity index (χ0n) is 10.0. The van der Waals surface area contributed by atoms with Gasteiger partial charge in [0.25, 0.3) is 0 Å². The van der Waals surface area contributed by atoms with Crippen LogP contribution in [0.1, 0.15) is 58.8 Å². The molecule has 2 aliphatic rings. The summed E-state index contributed by atoms with van der Waals surface area (Å²) in [6.07, 6.45) is 7.91. The van der Waals surface area contributed by atoms with Gasteiger partial charge in [-0.2, -0.15) is 0 Å². The fourth-order valence-electron chi connectivity index (χ4n) is 3.38. The van der Waals surface area contributed by atoms with E-state index in [4.69, 9.17) is 0 Å². The van der Waals surface area contributed by atoms with Gasteiger partial charge >= 0.3 is 0 Å². The fraction of sp³-hybridized carbons (Fsp3) is 0.923. The molecule has 2 fully saturated rings. The molecule has 0 bridgehead atoms. The molecule has 0 spiro atoms. The van der Waals surface area contributed by atoms with E-state index in [2.05, 4.69) is 18.7 Å². The normalized spacial score (nSPS) is 35.7. The van der Waals surface area contributed by atoms with Crippen LogP contribution in [0.25, 0.3) is 0 Å². The van der Waals surface area contributed by atoms with Gasteiger partial charge in [-0.3, -0.25) is 9.69 Å². The highest BCUT2D eigenvalue weighted by atomic mass is 16.1. The molecule has 0 aromatic heterocycles. The van der Waals surface area contributed by atoms with Crippen molar-refractivity contribution in [3.8, 4) is 0 Å². The van der Waals surface area contributed by atoms with Crippen LogP contribution in [0.5, 0.6) is 0 Å². The highest BCUT2D eigenvalue weighted by Crippen LogP contribution is 2.30. The third-order valence-corrected chi connectivity index (χ3v) is 4.20. The summed E-state index contributed by atoms with van der Waals surface area (Å²) < 4.78 is 0. The smallest absolute Gasteiger partial charge is 0.133 e. The standard InChI is InChI=1S/C13H23NO/c1-10-4-3-5-11(2)14(10)12-6-8-13(15)9-7-12/h10-12H,3-9H2,1-2H3. The maximum atomic E-state index is 11.2. The Labute approximate surface area is 93.0 Å². The van der Waals surface area contributed by atoms with Gasteiger partial charge in [0.05, 0.1) is 0 Å². The molecule has 2 nitrogen and oxygen atoms in total. The van der Waals surface area contributed by atoms with Gasteiger partial charge in [-0.25, -0.2) is 0 Å². The van der Waals surface area contributed by atoms with Crippen LogP contribution < -0.4 is 0 Å². The van der Waals surface area contributed by atoms with E-state index in [1.807, 2.05) is 0 Å². The quantitative estimate of drug-likeness (QED) is 0.662. The summed E-state index contributed by atoms with van der Waals surface area (Å²) in [5.41, 5.74) is 0. The van der Waals surface area contributed by atoms with E-state index >= 15 is 0 Å². The van der Waals surface area contributed by atoms with E-state index in [0.717, 1.165) is 37.8 Å². The topological polar surface area (TPSA) is 20.3 Å². The molecular weight excluding hydrogens is 186 g/mol. The largest absolute Gasteiger partial charge is 0.300 e. The van der Waals surface area contributed by atoms with Crippen molar-refractivity contribution >= 4 is 5.78 Å². The van der Waals surface area contributed by atoms with Crippen molar-refractivity contribution in [1.82, 2.24) is 4.90 Å². The van der Waals surface area contributed by atoms with Gasteiger partial charge in [0.15, 0.2) is 0 Å². The molecule has 0 amide bonds. The lowest BCUT2D eigenvalue weighted by molar-refractivity contribution is -0.122. The van der Waals surface area contributed by atoms with Gasteiger partial charge in [-0.1, -0.05) is 6.42 Å². The maximum absolute atomic E-state index is 11.2. The first-order valence-electron chi connectivity index (χ1n) is 6.47. The van der Waals surface area contributed by atoms with E-state index in [9.17, 15) is 4.79 Å². The van der Waals surface area contributed by atoms with Crippen LogP contribution >= 0.6 is 0 Å². The first-order chi connectivity index (χ1) is 7.18. The molecule has 1 saturated carbocycles. The molecule has 1 aliphatic heterocycles. The molecule has 0 aromatic carbocycles. The third-order valence-electron chi connectivity index (χ3n) is 4.20. The average Bonchev–Trinajstić information content (AvgIpc) is 2.20. The minimum absolute atomic E-state index is 0.476. The summed E-state index contributed by atoms with van der Waals surface area (Å²) in [4.78, 5) is 13.9. The van der Waals surface area contributed by atoms with E-state index in [1.165, 1.54) is 19.3 Å². The summed E-state index contributed by atoms with van der Waals surface area (Å²) >= 11 is 0. The Bertz CT molecular complexity index is 219. The first-order valence-corrected chi connectivity index (χ1v) is 6.47. The molecule has 2 heteroatoms. The fourth-order valence-corrected chi connectivity index (χ4v) is 3.38. The summed E-state index contributed by atoms with van der Waals surface area (Å²) in [7, 11) is 0. The molecule has 2 rings (SSSR count). The van der Waals surface area contributed by atoms with E-state index < -0.39 is 0 Å².